The van der Waals surface area contributed by atoms with Gasteiger partial charge in [0.25, 0.3) is 0 Å². The molecular formula is C5H6BrCl3O4S. The van der Waals surface area contributed by atoms with Gasteiger partial charge in [-0.25, -0.2) is 4.21 Å². The Morgan fingerprint density at radius 3 is 2.07 bits per heavy atom. The Hall–Kier alpha value is 0.640. The highest BCUT2D eigenvalue weighted by atomic mass is 79.9. The van der Waals surface area contributed by atoms with Crippen molar-refractivity contribution in [2.75, 3.05) is 7.11 Å². The van der Waals surface area contributed by atoms with E-state index in [4.69, 9.17) is 15.8 Å². The van der Waals surface area contributed by atoms with Crippen LogP contribution in [0.2, 0.25) is 0 Å². The molecule has 0 aliphatic carbocycles. The largest absolute Gasteiger partial charge is 0.468 e. The smallest absolute Gasteiger partial charge is 0.319 e. The van der Waals surface area contributed by atoms with Gasteiger partial charge in [0.15, 0.2) is 0 Å². The van der Waals surface area contributed by atoms with Crippen LogP contribution in [0.15, 0.2) is 0 Å². The van der Waals surface area contributed by atoms with Crippen LogP contribution in [0.25, 0.3) is 0 Å². The molecule has 0 aromatic rings. The Morgan fingerprint density at radius 1 is 1.50 bits per heavy atom. The maximum atomic E-state index is 10.6. The summed E-state index contributed by atoms with van der Waals surface area (Å²) in [5.41, 5.74) is 0. The summed E-state index contributed by atoms with van der Waals surface area (Å²) >= 11 is 7.92. The van der Waals surface area contributed by atoms with E-state index >= 15 is 0 Å². The van der Waals surface area contributed by atoms with Crippen LogP contribution in [-0.4, -0.2) is 27.4 Å². The van der Waals surface area contributed by atoms with Gasteiger partial charge in [0.1, 0.15) is 4.83 Å². The lowest BCUT2D eigenvalue weighted by Crippen LogP contribution is -2.17. The van der Waals surface area contributed by atoms with Gasteiger partial charge in [0, 0.05) is 27.8 Å². The molecule has 14 heavy (non-hydrogen) atoms. The molecule has 84 valence electrons. The van der Waals surface area contributed by atoms with Crippen molar-refractivity contribution in [2.45, 2.75) is 11.2 Å². The van der Waals surface area contributed by atoms with Gasteiger partial charge >= 0.3 is 5.97 Å². The molecule has 0 heterocycles. The molecule has 0 saturated carbocycles. The molecule has 0 spiro atoms. The fraction of sp³-hybridized carbons (Fsp3) is 0.600. The maximum Gasteiger partial charge on any atom is 0.319 e. The average molecular weight is 348 g/mol. The summed E-state index contributed by atoms with van der Waals surface area (Å²) in [5.74, 6) is -0.492. The molecule has 0 fully saturated rings. The number of alkyl halides is 1. The summed E-state index contributed by atoms with van der Waals surface area (Å²) in [5, 5.41) is -0.563. The zero-order valence-electron chi connectivity index (χ0n) is 6.84. The second-order valence-corrected chi connectivity index (χ2v) is 5.79. The van der Waals surface area contributed by atoms with E-state index in [9.17, 15) is 9.59 Å². The van der Waals surface area contributed by atoms with Crippen LogP contribution in [-0.2, 0) is 23.6 Å². The Kier molecular flexibility index (Phi) is 12.4. The zero-order valence-corrected chi connectivity index (χ0v) is 11.5. The lowest BCUT2D eigenvalue weighted by Gasteiger charge is -2.02. The lowest BCUT2D eigenvalue weighted by molar-refractivity contribution is -0.140. The number of rotatable bonds is 3. The van der Waals surface area contributed by atoms with Crippen molar-refractivity contribution in [1.29, 1.82) is 0 Å². The van der Waals surface area contributed by atoms with Gasteiger partial charge in [-0.2, -0.15) is 0 Å². The van der Waals surface area contributed by atoms with Crippen molar-refractivity contribution in [3.63, 3.8) is 0 Å². The van der Waals surface area contributed by atoms with Crippen LogP contribution in [0.5, 0.6) is 0 Å². The fourth-order valence-corrected chi connectivity index (χ4v) is 1.17. The Bertz CT molecular complexity index is 221. The minimum Gasteiger partial charge on any atom is -0.468 e. The monoisotopic (exact) mass is 346 g/mol. The van der Waals surface area contributed by atoms with E-state index < -0.39 is 25.3 Å². The molecule has 0 bridgehead atoms. The van der Waals surface area contributed by atoms with Crippen molar-refractivity contribution in [2.24, 2.45) is 0 Å². The third kappa shape index (κ3) is 15.1. The highest BCUT2D eigenvalue weighted by molar-refractivity contribution is 9.10. The number of methoxy groups -OCH3 is 1. The number of hydrogen-bond acceptors (Lipinski definition) is 4. The number of hydrogen-bond donors (Lipinski definition) is 0. The SMILES string of the molecule is COC(=O)C(Br)CC(=O)Cl.O=S(Cl)Cl. The van der Waals surface area contributed by atoms with Gasteiger partial charge in [0.2, 0.25) is 14.5 Å². The van der Waals surface area contributed by atoms with Gasteiger partial charge in [-0.3, -0.25) is 9.59 Å². The zero-order chi connectivity index (χ0) is 11.7. The van der Waals surface area contributed by atoms with Crippen molar-refractivity contribution < 1.29 is 18.5 Å². The molecule has 0 amide bonds. The summed E-state index contributed by atoms with van der Waals surface area (Å²) in [4.78, 5) is 20.1. The summed E-state index contributed by atoms with van der Waals surface area (Å²) in [6, 6.07) is 0. The third-order valence-corrected chi connectivity index (χ3v) is 1.65. The molecule has 0 N–H and O–H groups in total. The first-order valence-electron chi connectivity index (χ1n) is 2.95. The fourth-order valence-electron chi connectivity index (χ4n) is 0.352. The number of ether oxygens (including phenoxy) is 1. The van der Waals surface area contributed by atoms with Crippen LogP contribution in [0, 0.1) is 0 Å². The first-order valence-corrected chi connectivity index (χ1v) is 7.05. The topological polar surface area (TPSA) is 60.4 Å². The van der Waals surface area contributed by atoms with E-state index in [0.717, 1.165) is 0 Å². The molecule has 1 unspecified atom stereocenters. The number of carbonyl (C=O) groups excluding carboxylic acids is 2. The van der Waals surface area contributed by atoms with Gasteiger partial charge in [-0.05, 0) is 11.6 Å². The quantitative estimate of drug-likeness (QED) is 0.445. The normalized spacial score (nSPS) is 11.3. The second kappa shape index (κ2) is 10.2. The van der Waals surface area contributed by atoms with E-state index in [1.54, 1.807) is 0 Å². The number of carbonyl (C=O) groups is 2. The van der Waals surface area contributed by atoms with E-state index in [1.807, 2.05) is 0 Å². The van der Waals surface area contributed by atoms with Gasteiger partial charge in [0.05, 0.1) is 7.11 Å². The van der Waals surface area contributed by atoms with E-state index in [0.29, 0.717) is 0 Å². The summed E-state index contributed by atoms with van der Waals surface area (Å²) in [6.07, 6.45) is -0.0474. The minimum atomic E-state index is -1.67. The Morgan fingerprint density at radius 2 is 1.86 bits per heavy atom. The number of esters is 1. The van der Waals surface area contributed by atoms with Gasteiger partial charge < -0.3 is 4.74 Å². The average Bonchev–Trinajstić information content (AvgIpc) is 2.00. The molecule has 0 aromatic carbocycles. The molecule has 0 aliphatic rings. The maximum absolute atomic E-state index is 10.6. The van der Waals surface area contributed by atoms with E-state index in [1.165, 1.54) is 7.11 Å². The minimum absolute atomic E-state index is 0.0474. The van der Waals surface area contributed by atoms with Crippen LogP contribution < -0.4 is 0 Å². The third-order valence-electron chi connectivity index (χ3n) is 0.797. The van der Waals surface area contributed by atoms with Crippen molar-refractivity contribution in [3.8, 4) is 0 Å². The standard InChI is InChI=1S/C5H6BrClO3.Cl2OS/c1-10-5(9)3(6)2-4(7)8;1-4(2)3/h3H,2H2,1H3;. The van der Waals surface area contributed by atoms with E-state index in [-0.39, 0.29) is 6.42 Å². The lowest BCUT2D eigenvalue weighted by atomic mass is 10.3. The van der Waals surface area contributed by atoms with Crippen molar-refractivity contribution >= 4 is 69.3 Å². The Labute approximate surface area is 106 Å². The molecule has 0 rings (SSSR count). The first-order chi connectivity index (χ1) is 6.31. The predicted molar refractivity (Wildman–Crippen MR) is 60.1 cm³/mol. The van der Waals surface area contributed by atoms with Crippen LogP contribution in [0.1, 0.15) is 6.42 Å². The van der Waals surface area contributed by atoms with Crippen LogP contribution in [0.4, 0.5) is 0 Å². The van der Waals surface area contributed by atoms with Gasteiger partial charge in [-0.15, -0.1) is 0 Å². The predicted octanol–water partition coefficient (Wildman–Crippen LogP) is 2.12. The highest BCUT2D eigenvalue weighted by Gasteiger charge is 2.17. The molecule has 0 aromatic heterocycles. The first kappa shape index (κ1) is 17.0. The second-order valence-electron chi connectivity index (χ2n) is 1.73. The number of halogens is 4. The summed E-state index contributed by atoms with van der Waals surface area (Å²) in [7, 11) is 8.60. The highest BCUT2D eigenvalue weighted by Crippen LogP contribution is 2.08. The van der Waals surface area contributed by atoms with Crippen LogP contribution >= 0.6 is 48.9 Å². The summed E-state index contributed by atoms with van der Waals surface area (Å²) < 4.78 is 13.4. The Balaban J connectivity index is 0. The molecule has 0 aliphatic heterocycles. The molecule has 1 atom stereocenters. The molecular weight excluding hydrogens is 342 g/mol. The molecule has 9 heteroatoms. The van der Waals surface area contributed by atoms with Crippen molar-refractivity contribution in [1.82, 2.24) is 0 Å². The van der Waals surface area contributed by atoms with Crippen LogP contribution in [0.3, 0.4) is 0 Å². The van der Waals surface area contributed by atoms with E-state index in [2.05, 4.69) is 42.0 Å². The molecule has 4 nitrogen and oxygen atoms in total. The van der Waals surface area contributed by atoms with Gasteiger partial charge in [-0.1, -0.05) is 15.9 Å². The molecule has 0 radical (unpaired) electrons. The summed E-state index contributed by atoms with van der Waals surface area (Å²) in [6.45, 7) is 0. The molecule has 0 saturated heterocycles. The van der Waals surface area contributed by atoms with Crippen molar-refractivity contribution in [3.05, 3.63) is 0 Å².